The molecule has 0 aliphatic carbocycles. The Balaban J connectivity index is -0.000000464. The number of esters is 2. The SMILES string of the molecule is C=CC(=O)O.CCCCCCCCOC(=O)CCC(=O)OCCCCCCCC.[H-].[Na+]. The number of hydrogen-bond donors (Lipinski definition) is 1. The van der Waals surface area contributed by atoms with E-state index in [0.717, 1.165) is 31.8 Å². The molecule has 0 saturated carbocycles. The minimum Gasteiger partial charge on any atom is -1.00 e. The van der Waals surface area contributed by atoms with Crippen molar-refractivity contribution in [2.75, 3.05) is 13.2 Å². The van der Waals surface area contributed by atoms with Crippen LogP contribution in [-0.4, -0.2) is 36.2 Å². The molecule has 0 aliphatic rings. The van der Waals surface area contributed by atoms with E-state index in [1.807, 2.05) is 0 Å². The Morgan fingerprint density at radius 3 is 1.33 bits per heavy atom. The van der Waals surface area contributed by atoms with Crippen LogP contribution in [0.1, 0.15) is 105 Å². The van der Waals surface area contributed by atoms with Crippen LogP contribution >= 0.6 is 0 Å². The molecule has 0 fully saturated rings. The number of carbonyl (C=O) groups is 3. The van der Waals surface area contributed by atoms with Crippen LogP contribution in [0.2, 0.25) is 0 Å². The van der Waals surface area contributed by atoms with Gasteiger partial charge in [-0.05, 0) is 12.8 Å². The van der Waals surface area contributed by atoms with Crippen molar-refractivity contribution in [2.24, 2.45) is 0 Å². The average Bonchev–Trinajstić information content (AvgIpc) is 2.71. The molecule has 0 rings (SSSR count). The summed E-state index contributed by atoms with van der Waals surface area (Å²) >= 11 is 0. The Morgan fingerprint density at radius 2 is 1.03 bits per heavy atom. The fourth-order valence-electron chi connectivity index (χ4n) is 2.49. The zero-order valence-corrected chi connectivity index (χ0v) is 21.6. The van der Waals surface area contributed by atoms with Crippen molar-refractivity contribution in [1.82, 2.24) is 0 Å². The van der Waals surface area contributed by atoms with Crippen molar-refractivity contribution in [2.45, 2.75) is 104 Å². The molecule has 0 aromatic heterocycles. The molecule has 0 saturated heterocycles. The summed E-state index contributed by atoms with van der Waals surface area (Å²) < 4.78 is 10.3. The van der Waals surface area contributed by atoms with Crippen molar-refractivity contribution < 1.29 is 59.9 Å². The van der Waals surface area contributed by atoms with Crippen molar-refractivity contribution in [3.8, 4) is 0 Å². The van der Waals surface area contributed by atoms with Gasteiger partial charge < -0.3 is 16.0 Å². The quantitative estimate of drug-likeness (QED) is 0.153. The number of carboxylic acid groups (broad SMARTS) is 1. The van der Waals surface area contributed by atoms with Crippen LogP contribution in [0.25, 0.3) is 0 Å². The zero-order chi connectivity index (χ0) is 22.2. The van der Waals surface area contributed by atoms with Gasteiger partial charge in [0.25, 0.3) is 0 Å². The molecule has 0 heterocycles. The third-order valence-electron chi connectivity index (χ3n) is 4.23. The van der Waals surface area contributed by atoms with Crippen LogP contribution < -0.4 is 29.6 Å². The fourth-order valence-corrected chi connectivity index (χ4v) is 2.49. The fraction of sp³-hybridized carbons (Fsp3) is 0.783. The molecule has 0 unspecified atom stereocenters. The van der Waals surface area contributed by atoms with E-state index in [4.69, 9.17) is 14.6 Å². The summed E-state index contributed by atoms with van der Waals surface area (Å²) in [7, 11) is 0. The summed E-state index contributed by atoms with van der Waals surface area (Å²) in [5, 5.41) is 7.60. The van der Waals surface area contributed by atoms with E-state index < -0.39 is 5.97 Å². The number of hydrogen-bond acceptors (Lipinski definition) is 5. The molecular weight excluding hydrogens is 395 g/mol. The minimum atomic E-state index is -0.981. The van der Waals surface area contributed by atoms with Crippen molar-refractivity contribution in [1.29, 1.82) is 0 Å². The molecular formula is C23H43NaO6. The summed E-state index contributed by atoms with van der Waals surface area (Å²) in [6.07, 6.45) is 15.1. The smallest absolute Gasteiger partial charge is 1.00 e. The maximum absolute atomic E-state index is 11.5. The van der Waals surface area contributed by atoms with E-state index in [-0.39, 0.29) is 55.8 Å². The minimum absolute atomic E-state index is 0. The van der Waals surface area contributed by atoms with Gasteiger partial charge in [0.15, 0.2) is 0 Å². The van der Waals surface area contributed by atoms with Gasteiger partial charge in [-0.3, -0.25) is 9.59 Å². The van der Waals surface area contributed by atoms with Crippen molar-refractivity contribution in [3.63, 3.8) is 0 Å². The second-order valence-corrected chi connectivity index (χ2v) is 7.02. The van der Waals surface area contributed by atoms with Gasteiger partial charge in [0, 0.05) is 6.08 Å². The number of ether oxygens (including phenoxy) is 2. The average molecular weight is 439 g/mol. The van der Waals surface area contributed by atoms with Crippen LogP contribution in [0.15, 0.2) is 12.7 Å². The second kappa shape index (κ2) is 28.1. The Hall–Kier alpha value is -0.850. The van der Waals surface area contributed by atoms with Crippen LogP contribution in [0.3, 0.4) is 0 Å². The molecule has 0 amide bonds. The van der Waals surface area contributed by atoms with Gasteiger partial charge in [-0.25, -0.2) is 4.79 Å². The van der Waals surface area contributed by atoms with E-state index in [1.165, 1.54) is 51.4 Å². The molecule has 0 atom stereocenters. The van der Waals surface area contributed by atoms with E-state index >= 15 is 0 Å². The van der Waals surface area contributed by atoms with Gasteiger partial charge in [-0.15, -0.1) is 0 Å². The van der Waals surface area contributed by atoms with E-state index in [1.54, 1.807) is 0 Å². The monoisotopic (exact) mass is 438 g/mol. The summed E-state index contributed by atoms with van der Waals surface area (Å²) in [5.74, 6) is -1.56. The van der Waals surface area contributed by atoms with E-state index in [0.29, 0.717) is 13.2 Å². The third-order valence-corrected chi connectivity index (χ3v) is 4.23. The second-order valence-electron chi connectivity index (χ2n) is 7.02. The number of rotatable bonds is 18. The summed E-state index contributed by atoms with van der Waals surface area (Å²) in [4.78, 5) is 32.3. The standard InChI is InChI=1S/C20H38O4.C3H4O2.Na.H/c1-3-5-7-9-11-13-17-23-19(21)15-16-20(22)24-18-14-12-10-8-6-4-2;1-2-3(4)5;;/h3-18H2,1-2H3;2H,1H2,(H,4,5);;/q;;+1;-1. The molecule has 0 bridgehead atoms. The Kier molecular flexibility index (Phi) is 31.7. The first-order valence-electron chi connectivity index (χ1n) is 11.1. The molecule has 0 spiro atoms. The number of aliphatic carboxylic acids is 1. The number of carbonyl (C=O) groups excluding carboxylic acids is 2. The molecule has 0 radical (unpaired) electrons. The first kappa shape index (κ1) is 33.8. The summed E-state index contributed by atoms with van der Waals surface area (Å²) in [6.45, 7) is 8.29. The van der Waals surface area contributed by atoms with Gasteiger partial charge in [0.1, 0.15) is 0 Å². The number of unbranched alkanes of at least 4 members (excludes halogenated alkanes) is 10. The maximum atomic E-state index is 11.5. The normalized spacial score (nSPS) is 9.53. The van der Waals surface area contributed by atoms with Crippen LogP contribution in [0, 0.1) is 0 Å². The summed E-state index contributed by atoms with van der Waals surface area (Å²) in [5.41, 5.74) is 0. The van der Waals surface area contributed by atoms with Gasteiger partial charge >= 0.3 is 47.5 Å². The molecule has 0 aromatic rings. The molecule has 6 nitrogen and oxygen atoms in total. The van der Waals surface area contributed by atoms with Crippen LogP contribution in [0.5, 0.6) is 0 Å². The van der Waals surface area contributed by atoms with Gasteiger partial charge in [-0.1, -0.05) is 84.6 Å². The predicted molar refractivity (Wildman–Crippen MR) is 117 cm³/mol. The van der Waals surface area contributed by atoms with Crippen molar-refractivity contribution >= 4 is 17.9 Å². The number of carboxylic acids is 1. The largest absolute Gasteiger partial charge is 1.00 e. The van der Waals surface area contributed by atoms with Gasteiger partial charge in [0.05, 0.1) is 26.1 Å². The van der Waals surface area contributed by atoms with Crippen molar-refractivity contribution in [3.05, 3.63) is 12.7 Å². The van der Waals surface area contributed by atoms with Gasteiger partial charge in [-0.2, -0.15) is 0 Å². The molecule has 30 heavy (non-hydrogen) atoms. The van der Waals surface area contributed by atoms with Gasteiger partial charge in [0.2, 0.25) is 0 Å². The molecule has 1 N–H and O–H groups in total. The Morgan fingerprint density at radius 1 is 0.733 bits per heavy atom. The molecule has 0 aromatic carbocycles. The van der Waals surface area contributed by atoms with Crippen LogP contribution in [0.4, 0.5) is 0 Å². The Labute approximate surface area is 206 Å². The van der Waals surface area contributed by atoms with E-state index in [9.17, 15) is 14.4 Å². The first-order chi connectivity index (χ1) is 14.0. The zero-order valence-electron chi connectivity index (χ0n) is 20.6. The summed E-state index contributed by atoms with van der Waals surface area (Å²) in [6, 6.07) is 0. The molecule has 172 valence electrons. The first-order valence-corrected chi connectivity index (χ1v) is 11.1. The maximum Gasteiger partial charge on any atom is 1.00 e. The van der Waals surface area contributed by atoms with Crippen LogP contribution in [-0.2, 0) is 23.9 Å². The van der Waals surface area contributed by atoms with E-state index in [2.05, 4.69) is 20.4 Å². The topological polar surface area (TPSA) is 89.9 Å². The third kappa shape index (κ3) is 31.8. The molecule has 7 heteroatoms. The Bertz CT molecular complexity index is 402. The molecule has 0 aliphatic heterocycles. The predicted octanol–water partition coefficient (Wildman–Crippen LogP) is 2.95.